The quantitative estimate of drug-likeness (QED) is 0.433. The van der Waals surface area contributed by atoms with Crippen molar-refractivity contribution in [1.82, 2.24) is 9.88 Å². The zero-order valence-corrected chi connectivity index (χ0v) is 19.5. The van der Waals surface area contributed by atoms with Crippen LogP contribution in [0.15, 0.2) is 83.8 Å². The summed E-state index contributed by atoms with van der Waals surface area (Å²) >= 11 is 1.70. The van der Waals surface area contributed by atoms with Crippen LogP contribution < -0.4 is 4.72 Å². The zero-order valence-electron chi connectivity index (χ0n) is 17.8. The van der Waals surface area contributed by atoms with Crippen molar-refractivity contribution in [2.75, 3.05) is 17.8 Å². The Balaban J connectivity index is 1.29. The van der Waals surface area contributed by atoms with Gasteiger partial charge in [0.1, 0.15) is 0 Å². The predicted octanol–water partition coefficient (Wildman–Crippen LogP) is 5.12. The van der Waals surface area contributed by atoms with Crippen molar-refractivity contribution in [3.63, 3.8) is 0 Å². The number of carbonyl (C=O) groups excluding carboxylic acids is 1. The highest BCUT2D eigenvalue weighted by Gasteiger charge is 2.28. The Morgan fingerprint density at radius 2 is 1.70 bits per heavy atom. The number of amides is 1. The third-order valence-corrected chi connectivity index (χ3v) is 8.40. The number of nitrogens with zero attached hydrogens (tertiary/aromatic N) is 2. The molecule has 168 valence electrons. The number of likely N-dealkylation sites (tertiary alicyclic amines) is 1. The highest BCUT2D eigenvalue weighted by Crippen LogP contribution is 2.33. The van der Waals surface area contributed by atoms with Crippen LogP contribution in [-0.4, -0.2) is 37.3 Å². The summed E-state index contributed by atoms with van der Waals surface area (Å²) in [6.45, 7) is 1.31. The SMILES string of the molecule is O=C(c1ccc(S(=O)(=O)Nc2ccccc2)cc1)N1CCCC(c2nc3ccccc3s2)C1. The van der Waals surface area contributed by atoms with Crippen LogP contribution >= 0.6 is 11.3 Å². The van der Waals surface area contributed by atoms with Crippen molar-refractivity contribution in [3.8, 4) is 0 Å². The molecule has 1 fully saturated rings. The molecule has 6 nitrogen and oxygen atoms in total. The summed E-state index contributed by atoms with van der Waals surface area (Å²) in [6, 6.07) is 22.9. The lowest BCUT2D eigenvalue weighted by Gasteiger charge is -2.32. The van der Waals surface area contributed by atoms with Gasteiger partial charge in [0.25, 0.3) is 15.9 Å². The molecule has 1 aliphatic rings. The summed E-state index contributed by atoms with van der Waals surface area (Å²) in [4.78, 5) is 19.9. The van der Waals surface area contributed by atoms with Crippen LogP contribution in [0.25, 0.3) is 10.2 Å². The van der Waals surface area contributed by atoms with Gasteiger partial charge in [-0.2, -0.15) is 0 Å². The van der Waals surface area contributed by atoms with Crippen molar-refractivity contribution >= 4 is 43.2 Å². The van der Waals surface area contributed by atoms with Crippen LogP contribution in [0.3, 0.4) is 0 Å². The first-order valence-corrected chi connectivity index (χ1v) is 13.1. The molecular formula is C25H23N3O3S2. The van der Waals surface area contributed by atoms with Gasteiger partial charge in [0.05, 0.1) is 20.1 Å². The number of rotatable bonds is 5. The molecule has 0 aliphatic carbocycles. The first-order valence-electron chi connectivity index (χ1n) is 10.8. The number of fused-ring (bicyclic) bond motifs is 1. The summed E-state index contributed by atoms with van der Waals surface area (Å²) in [5, 5.41) is 1.07. The fourth-order valence-corrected chi connectivity index (χ4v) is 6.26. The Morgan fingerprint density at radius 1 is 0.970 bits per heavy atom. The minimum absolute atomic E-state index is 0.0826. The maximum atomic E-state index is 13.1. The minimum Gasteiger partial charge on any atom is -0.338 e. The van der Waals surface area contributed by atoms with Gasteiger partial charge in [-0.25, -0.2) is 13.4 Å². The van der Waals surface area contributed by atoms with Crippen LogP contribution in [-0.2, 0) is 10.0 Å². The van der Waals surface area contributed by atoms with Gasteiger partial charge in [-0.05, 0) is 61.4 Å². The topological polar surface area (TPSA) is 79.4 Å². The third kappa shape index (κ3) is 4.62. The molecule has 1 unspecified atom stereocenters. The monoisotopic (exact) mass is 477 g/mol. The molecule has 33 heavy (non-hydrogen) atoms. The minimum atomic E-state index is -3.72. The highest BCUT2D eigenvalue weighted by molar-refractivity contribution is 7.92. The smallest absolute Gasteiger partial charge is 0.261 e. The molecule has 1 amide bonds. The van der Waals surface area contributed by atoms with E-state index < -0.39 is 10.0 Å². The second-order valence-electron chi connectivity index (χ2n) is 8.11. The van der Waals surface area contributed by atoms with Crippen LogP contribution in [0, 0.1) is 0 Å². The first kappa shape index (κ1) is 21.6. The summed E-state index contributed by atoms with van der Waals surface area (Å²) < 4.78 is 29.0. The molecule has 1 aromatic heterocycles. The van der Waals surface area contributed by atoms with Crippen LogP contribution in [0.5, 0.6) is 0 Å². The Morgan fingerprint density at radius 3 is 2.45 bits per heavy atom. The van der Waals surface area contributed by atoms with Crippen molar-refractivity contribution in [1.29, 1.82) is 0 Å². The highest BCUT2D eigenvalue weighted by atomic mass is 32.2. The van der Waals surface area contributed by atoms with Crippen molar-refractivity contribution in [3.05, 3.63) is 89.4 Å². The van der Waals surface area contributed by atoms with Gasteiger partial charge in [0, 0.05) is 30.3 Å². The van der Waals surface area contributed by atoms with Crippen molar-refractivity contribution < 1.29 is 13.2 Å². The number of hydrogen-bond acceptors (Lipinski definition) is 5. The Kier molecular flexibility index (Phi) is 5.86. The van der Waals surface area contributed by atoms with Gasteiger partial charge in [-0.3, -0.25) is 9.52 Å². The normalized spacial score (nSPS) is 16.6. The van der Waals surface area contributed by atoms with E-state index in [9.17, 15) is 13.2 Å². The van der Waals surface area contributed by atoms with Crippen LogP contribution in [0.4, 0.5) is 5.69 Å². The summed E-state index contributed by atoms with van der Waals surface area (Å²) in [7, 11) is -3.72. The number of sulfonamides is 1. The molecule has 0 spiro atoms. The number of hydrogen-bond donors (Lipinski definition) is 1. The summed E-state index contributed by atoms with van der Waals surface area (Å²) in [5.41, 5.74) is 1.98. The molecule has 0 radical (unpaired) electrons. The Labute approximate surface area is 197 Å². The van der Waals surface area contributed by atoms with Gasteiger partial charge < -0.3 is 4.90 Å². The van der Waals surface area contributed by atoms with E-state index in [-0.39, 0.29) is 16.7 Å². The van der Waals surface area contributed by atoms with E-state index in [0.717, 1.165) is 28.1 Å². The fraction of sp³-hybridized carbons (Fsp3) is 0.200. The molecule has 1 N–H and O–H groups in total. The van der Waals surface area contributed by atoms with Gasteiger partial charge >= 0.3 is 0 Å². The summed E-state index contributed by atoms with van der Waals surface area (Å²) in [6.07, 6.45) is 1.92. The predicted molar refractivity (Wildman–Crippen MR) is 131 cm³/mol. The third-order valence-electron chi connectivity index (χ3n) is 5.81. The zero-order chi connectivity index (χ0) is 22.8. The van der Waals surface area contributed by atoms with E-state index in [4.69, 9.17) is 4.98 Å². The Hall–Kier alpha value is -3.23. The molecule has 3 aromatic carbocycles. The van der Waals surface area contributed by atoms with E-state index in [0.29, 0.717) is 24.3 Å². The van der Waals surface area contributed by atoms with Gasteiger partial charge in [0.2, 0.25) is 0 Å². The Bertz CT molecular complexity index is 1350. The van der Waals surface area contributed by atoms with E-state index in [2.05, 4.69) is 10.8 Å². The lowest BCUT2D eigenvalue weighted by Crippen LogP contribution is -2.39. The van der Waals surface area contributed by atoms with E-state index in [1.165, 1.54) is 12.1 Å². The van der Waals surface area contributed by atoms with Crippen LogP contribution in [0.2, 0.25) is 0 Å². The fourth-order valence-electron chi connectivity index (χ4n) is 4.11. The van der Waals surface area contributed by atoms with Crippen molar-refractivity contribution in [2.45, 2.75) is 23.7 Å². The van der Waals surface area contributed by atoms with E-state index in [1.54, 1.807) is 47.7 Å². The molecule has 1 aliphatic heterocycles. The van der Waals surface area contributed by atoms with E-state index in [1.807, 2.05) is 29.2 Å². The molecule has 0 bridgehead atoms. The first-order chi connectivity index (χ1) is 16.0. The molecular weight excluding hydrogens is 454 g/mol. The average molecular weight is 478 g/mol. The maximum absolute atomic E-state index is 13.1. The van der Waals surface area contributed by atoms with Crippen LogP contribution in [0.1, 0.15) is 34.1 Å². The van der Waals surface area contributed by atoms with Gasteiger partial charge in [-0.15, -0.1) is 11.3 Å². The summed E-state index contributed by atoms with van der Waals surface area (Å²) in [5.74, 6) is 0.135. The molecule has 1 saturated heterocycles. The van der Waals surface area contributed by atoms with E-state index >= 15 is 0 Å². The molecule has 1 atom stereocenters. The maximum Gasteiger partial charge on any atom is 0.261 e. The molecule has 5 rings (SSSR count). The van der Waals surface area contributed by atoms with Crippen molar-refractivity contribution in [2.24, 2.45) is 0 Å². The second kappa shape index (κ2) is 8.96. The number of benzene rings is 3. The number of thiazole rings is 1. The molecule has 2 heterocycles. The number of anilines is 1. The van der Waals surface area contributed by atoms with Gasteiger partial charge in [-0.1, -0.05) is 30.3 Å². The number of piperidine rings is 1. The number of carbonyl (C=O) groups is 1. The number of para-hydroxylation sites is 2. The molecule has 4 aromatic rings. The second-order valence-corrected chi connectivity index (χ2v) is 10.9. The lowest BCUT2D eigenvalue weighted by atomic mass is 9.98. The van der Waals surface area contributed by atoms with Gasteiger partial charge in [0.15, 0.2) is 0 Å². The molecule has 0 saturated carbocycles. The largest absolute Gasteiger partial charge is 0.338 e. The standard InChI is InChI=1S/C25H23N3O3S2/c29-25(18-12-14-21(15-13-18)33(30,31)27-20-8-2-1-3-9-20)28-16-6-7-19(17-28)24-26-22-10-4-5-11-23(22)32-24/h1-5,8-15,19,27H,6-7,16-17H2. The average Bonchev–Trinajstić information content (AvgIpc) is 3.29. The lowest BCUT2D eigenvalue weighted by molar-refractivity contribution is 0.0707. The number of aromatic nitrogens is 1. The number of nitrogens with one attached hydrogen (secondary N) is 1. The molecule has 8 heteroatoms.